The summed E-state index contributed by atoms with van der Waals surface area (Å²) in [5, 5.41) is 3.05. The Morgan fingerprint density at radius 3 is 2.81 bits per heavy atom. The minimum atomic E-state index is -0.543. The smallest absolute Gasteiger partial charge is 0.324 e. The summed E-state index contributed by atoms with van der Waals surface area (Å²) in [6.45, 7) is 0.806. The van der Waals surface area contributed by atoms with Crippen LogP contribution in [-0.2, 0) is 9.59 Å². The van der Waals surface area contributed by atoms with Gasteiger partial charge in [0.15, 0.2) is 5.78 Å². The number of Topliss-reactive ketones (excluding diaryl/α,β-unsaturated/α-hetero) is 1. The van der Waals surface area contributed by atoms with Crippen molar-refractivity contribution in [3.63, 3.8) is 0 Å². The molecule has 0 spiro atoms. The van der Waals surface area contributed by atoms with Gasteiger partial charge in [-0.25, -0.2) is 4.79 Å². The molecule has 2 fully saturated rings. The molecule has 0 aromatic heterocycles. The second-order valence-corrected chi connectivity index (χ2v) is 6.95. The predicted molar refractivity (Wildman–Crippen MR) is 94.8 cm³/mol. The number of rotatable bonds is 4. The Labute approximate surface area is 156 Å². The third-order valence-corrected chi connectivity index (χ3v) is 4.94. The number of hydrogen-bond acceptors (Lipinski definition) is 4. The van der Waals surface area contributed by atoms with Crippen LogP contribution < -0.4 is 5.32 Å². The zero-order valence-corrected chi connectivity index (χ0v) is 15.0. The highest BCUT2D eigenvalue weighted by Gasteiger charge is 2.33. The number of hydrogen-bond donors (Lipinski definition) is 1. The Bertz CT molecular complexity index is 736. The number of carbonyl (C=O) groups is 4. The normalized spacial score (nSPS) is 20.7. The molecule has 26 heavy (non-hydrogen) atoms. The van der Waals surface area contributed by atoms with Gasteiger partial charge in [0, 0.05) is 42.6 Å². The fourth-order valence-electron chi connectivity index (χ4n) is 3.31. The van der Waals surface area contributed by atoms with Gasteiger partial charge in [-0.1, -0.05) is 23.7 Å². The first-order valence-corrected chi connectivity index (χ1v) is 8.99. The summed E-state index contributed by atoms with van der Waals surface area (Å²) in [6, 6.07) is 6.23. The Kier molecular flexibility index (Phi) is 5.56. The molecule has 2 heterocycles. The third-order valence-electron chi connectivity index (χ3n) is 4.71. The van der Waals surface area contributed by atoms with Crippen molar-refractivity contribution in [1.29, 1.82) is 0 Å². The monoisotopic (exact) mass is 377 g/mol. The highest BCUT2D eigenvalue weighted by atomic mass is 35.5. The van der Waals surface area contributed by atoms with Gasteiger partial charge in [-0.3, -0.25) is 19.3 Å². The molecule has 138 valence electrons. The van der Waals surface area contributed by atoms with Gasteiger partial charge in [0.2, 0.25) is 11.8 Å². The maximum atomic E-state index is 12.7. The molecule has 0 radical (unpaired) electrons. The van der Waals surface area contributed by atoms with Gasteiger partial charge >= 0.3 is 6.03 Å². The SMILES string of the molecule is O=C(c1cccc(Cl)c1)[C@H]1CCCN(C(=O)CN2C(=O)CCNC2=O)C1. The molecule has 3 rings (SSSR count). The number of likely N-dealkylation sites (tertiary alicyclic amines) is 1. The number of halogens is 1. The lowest BCUT2D eigenvalue weighted by molar-refractivity contribution is -0.139. The van der Waals surface area contributed by atoms with Crippen molar-refractivity contribution in [2.24, 2.45) is 5.92 Å². The summed E-state index contributed by atoms with van der Waals surface area (Å²) >= 11 is 5.95. The minimum Gasteiger partial charge on any atom is -0.340 e. The second kappa shape index (κ2) is 7.86. The molecule has 0 saturated carbocycles. The van der Waals surface area contributed by atoms with Crippen molar-refractivity contribution in [2.45, 2.75) is 19.3 Å². The van der Waals surface area contributed by atoms with Crippen molar-refractivity contribution < 1.29 is 19.2 Å². The zero-order valence-electron chi connectivity index (χ0n) is 14.2. The van der Waals surface area contributed by atoms with E-state index >= 15 is 0 Å². The molecule has 2 aliphatic rings. The average molecular weight is 378 g/mol. The number of nitrogens with zero attached hydrogens (tertiary/aromatic N) is 2. The van der Waals surface area contributed by atoms with E-state index in [0.29, 0.717) is 36.5 Å². The lowest BCUT2D eigenvalue weighted by atomic mass is 9.90. The minimum absolute atomic E-state index is 0.0446. The summed E-state index contributed by atoms with van der Waals surface area (Å²) in [6.07, 6.45) is 1.58. The van der Waals surface area contributed by atoms with Crippen molar-refractivity contribution in [2.75, 3.05) is 26.2 Å². The van der Waals surface area contributed by atoms with Crippen LogP contribution in [0, 0.1) is 5.92 Å². The largest absolute Gasteiger partial charge is 0.340 e. The Morgan fingerprint density at radius 1 is 1.27 bits per heavy atom. The number of benzene rings is 1. The van der Waals surface area contributed by atoms with Gasteiger partial charge in [-0.05, 0) is 25.0 Å². The van der Waals surface area contributed by atoms with Crippen molar-refractivity contribution >= 4 is 35.2 Å². The van der Waals surface area contributed by atoms with Crippen LogP contribution in [0.5, 0.6) is 0 Å². The molecule has 4 amide bonds. The van der Waals surface area contributed by atoms with Crippen LogP contribution in [0.15, 0.2) is 24.3 Å². The molecular formula is C18H20ClN3O4. The number of nitrogens with one attached hydrogen (secondary N) is 1. The fraction of sp³-hybridized carbons (Fsp3) is 0.444. The van der Waals surface area contributed by atoms with Crippen LogP contribution in [0.25, 0.3) is 0 Å². The van der Waals surface area contributed by atoms with Crippen LogP contribution in [0.3, 0.4) is 0 Å². The van der Waals surface area contributed by atoms with Gasteiger partial charge in [-0.15, -0.1) is 0 Å². The Balaban J connectivity index is 1.64. The van der Waals surface area contributed by atoms with E-state index in [1.165, 1.54) is 0 Å². The summed E-state index contributed by atoms with van der Waals surface area (Å²) in [5.41, 5.74) is 0.530. The molecule has 1 atom stereocenters. The van der Waals surface area contributed by atoms with Crippen molar-refractivity contribution in [3.05, 3.63) is 34.9 Å². The van der Waals surface area contributed by atoms with Gasteiger partial charge in [-0.2, -0.15) is 0 Å². The standard InChI is InChI=1S/C18H20ClN3O4/c19-14-5-1-3-12(9-14)17(25)13-4-2-8-21(10-13)16(24)11-22-15(23)6-7-20-18(22)26/h1,3,5,9,13H,2,4,6-8,10-11H2,(H,20,26)/t13-/m0/s1. The lowest BCUT2D eigenvalue weighted by Crippen LogP contribution is -2.54. The number of carbonyl (C=O) groups excluding carboxylic acids is 4. The number of amides is 4. The van der Waals surface area contributed by atoms with E-state index < -0.39 is 6.03 Å². The predicted octanol–water partition coefficient (Wildman–Crippen LogP) is 1.70. The number of ketones is 1. The Hall–Kier alpha value is -2.41. The van der Waals surface area contributed by atoms with Crippen molar-refractivity contribution in [3.8, 4) is 0 Å². The van der Waals surface area contributed by atoms with Crippen LogP contribution in [0.2, 0.25) is 5.02 Å². The second-order valence-electron chi connectivity index (χ2n) is 6.52. The van der Waals surface area contributed by atoms with Crippen molar-refractivity contribution in [1.82, 2.24) is 15.1 Å². The molecule has 8 heteroatoms. The van der Waals surface area contributed by atoms with E-state index in [9.17, 15) is 19.2 Å². The number of imide groups is 1. The zero-order chi connectivity index (χ0) is 18.7. The molecule has 7 nitrogen and oxygen atoms in total. The molecular weight excluding hydrogens is 358 g/mol. The molecule has 1 N–H and O–H groups in total. The molecule has 0 bridgehead atoms. The average Bonchev–Trinajstić information content (AvgIpc) is 2.64. The molecule has 0 unspecified atom stereocenters. The van der Waals surface area contributed by atoms with E-state index in [1.54, 1.807) is 29.2 Å². The van der Waals surface area contributed by atoms with E-state index in [-0.39, 0.29) is 43.0 Å². The van der Waals surface area contributed by atoms with Crippen LogP contribution in [-0.4, -0.2) is 59.6 Å². The maximum absolute atomic E-state index is 12.7. The van der Waals surface area contributed by atoms with E-state index in [1.807, 2.05) is 0 Å². The molecule has 1 aromatic carbocycles. The molecule has 0 aliphatic carbocycles. The van der Waals surface area contributed by atoms with Crippen LogP contribution in [0.1, 0.15) is 29.6 Å². The van der Waals surface area contributed by atoms with E-state index in [2.05, 4.69) is 5.32 Å². The van der Waals surface area contributed by atoms with E-state index in [4.69, 9.17) is 11.6 Å². The highest BCUT2D eigenvalue weighted by molar-refractivity contribution is 6.31. The van der Waals surface area contributed by atoms with Crippen LogP contribution >= 0.6 is 11.6 Å². The topological polar surface area (TPSA) is 86.8 Å². The molecule has 2 aliphatic heterocycles. The summed E-state index contributed by atoms with van der Waals surface area (Å²) in [5.74, 6) is -1.03. The van der Waals surface area contributed by atoms with Gasteiger partial charge in [0.1, 0.15) is 6.54 Å². The van der Waals surface area contributed by atoms with Gasteiger partial charge < -0.3 is 10.2 Å². The molecule has 2 saturated heterocycles. The number of urea groups is 1. The van der Waals surface area contributed by atoms with Crippen LogP contribution in [0.4, 0.5) is 4.79 Å². The highest BCUT2D eigenvalue weighted by Crippen LogP contribution is 2.23. The fourth-order valence-corrected chi connectivity index (χ4v) is 3.50. The lowest BCUT2D eigenvalue weighted by Gasteiger charge is -2.34. The summed E-state index contributed by atoms with van der Waals surface area (Å²) in [4.78, 5) is 51.3. The summed E-state index contributed by atoms with van der Waals surface area (Å²) in [7, 11) is 0. The van der Waals surface area contributed by atoms with Gasteiger partial charge in [0.25, 0.3) is 0 Å². The first-order valence-electron chi connectivity index (χ1n) is 8.61. The Morgan fingerprint density at radius 2 is 2.08 bits per heavy atom. The first kappa shape index (κ1) is 18.4. The maximum Gasteiger partial charge on any atom is 0.324 e. The van der Waals surface area contributed by atoms with E-state index in [0.717, 1.165) is 4.90 Å². The first-order chi connectivity index (χ1) is 12.5. The quantitative estimate of drug-likeness (QED) is 0.809. The third kappa shape index (κ3) is 4.04. The number of piperidine rings is 1. The van der Waals surface area contributed by atoms with Gasteiger partial charge in [0.05, 0.1) is 0 Å². The summed E-state index contributed by atoms with van der Waals surface area (Å²) < 4.78 is 0. The molecule has 1 aromatic rings.